The zero-order chi connectivity index (χ0) is 15.5. The third-order valence-corrected chi connectivity index (χ3v) is 4.66. The highest BCUT2D eigenvalue weighted by Gasteiger charge is 2.54. The summed E-state index contributed by atoms with van der Waals surface area (Å²) in [6, 6.07) is -0.375. The molecule has 2 unspecified atom stereocenters. The van der Waals surface area contributed by atoms with E-state index in [2.05, 4.69) is 12.2 Å². The molecular formula is C16H28N2O3. The Labute approximate surface area is 127 Å². The summed E-state index contributed by atoms with van der Waals surface area (Å²) in [6.45, 7) is 7.84. The maximum Gasteiger partial charge on any atom is 0.249 e. The quantitative estimate of drug-likeness (QED) is 0.694. The topological polar surface area (TPSA) is 58.6 Å². The summed E-state index contributed by atoms with van der Waals surface area (Å²) in [4.78, 5) is 26.6. The molecule has 0 radical (unpaired) electrons. The van der Waals surface area contributed by atoms with Gasteiger partial charge in [0.25, 0.3) is 0 Å². The minimum atomic E-state index is -0.688. The van der Waals surface area contributed by atoms with Gasteiger partial charge >= 0.3 is 0 Å². The molecule has 5 nitrogen and oxygen atoms in total. The van der Waals surface area contributed by atoms with Gasteiger partial charge < -0.3 is 15.0 Å². The van der Waals surface area contributed by atoms with Crippen molar-refractivity contribution >= 4 is 11.8 Å². The van der Waals surface area contributed by atoms with E-state index in [1.807, 2.05) is 6.92 Å². The molecule has 1 aliphatic heterocycles. The highest BCUT2D eigenvalue weighted by Crippen LogP contribution is 2.42. The van der Waals surface area contributed by atoms with Gasteiger partial charge in [0.2, 0.25) is 11.8 Å². The normalized spacial score (nSPS) is 29.7. The van der Waals surface area contributed by atoms with Gasteiger partial charge in [0.1, 0.15) is 11.6 Å². The van der Waals surface area contributed by atoms with Crippen molar-refractivity contribution in [1.82, 2.24) is 10.2 Å². The Morgan fingerprint density at radius 3 is 2.57 bits per heavy atom. The molecule has 2 amide bonds. The molecule has 21 heavy (non-hydrogen) atoms. The predicted molar refractivity (Wildman–Crippen MR) is 80.8 cm³/mol. The zero-order valence-electron chi connectivity index (χ0n) is 13.5. The van der Waals surface area contributed by atoms with Crippen LogP contribution in [0.2, 0.25) is 0 Å². The van der Waals surface area contributed by atoms with Crippen LogP contribution >= 0.6 is 0 Å². The Morgan fingerprint density at radius 1 is 1.29 bits per heavy atom. The molecule has 2 rings (SSSR count). The monoisotopic (exact) mass is 296 g/mol. The van der Waals surface area contributed by atoms with Crippen molar-refractivity contribution in [2.75, 3.05) is 19.8 Å². The molecule has 0 aromatic carbocycles. The zero-order valence-corrected chi connectivity index (χ0v) is 13.5. The first-order chi connectivity index (χ1) is 10.0. The summed E-state index contributed by atoms with van der Waals surface area (Å²) in [6.07, 6.45) is 5.05. The number of carbonyl (C=O) groups excluding carboxylic acids is 2. The number of nitrogens with zero attached hydrogens (tertiary/aromatic N) is 1. The van der Waals surface area contributed by atoms with E-state index in [0.717, 1.165) is 38.7 Å². The number of hydrogen-bond acceptors (Lipinski definition) is 3. The average Bonchev–Trinajstić information content (AvgIpc) is 3.28. The first-order valence-electron chi connectivity index (χ1n) is 8.21. The molecule has 1 heterocycles. The van der Waals surface area contributed by atoms with Crippen LogP contribution in [0.25, 0.3) is 0 Å². The predicted octanol–water partition coefficient (Wildman–Crippen LogP) is 1.71. The molecule has 120 valence electrons. The lowest BCUT2D eigenvalue weighted by atomic mass is 9.89. The van der Waals surface area contributed by atoms with Crippen LogP contribution < -0.4 is 5.32 Å². The van der Waals surface area contributed by atoms with Crippen molar-refractivity contribution in [2.45, 2.75) is 64.5 Å². The SMILES string of the molecule is CCCCOCCCN1C(=O)C(C)(C2CC2)NC(=O)C1C. The fourth-order valence-corrected chi connectivity index (χ4v) is 2.95. The summed E-state index contributed by atoms with van der Waals surface area (Å²) >= 11 is 0. The molecule has 1 saturated heterocycles. The minimum absolute atomic E-state index is 0.0316. The average molecular weight is 296 g/mol. The van der Waals surface area contributed by atoms with Crippen LogP contribution in [0.4, 0.5) is 0 Å². The summed E-state index contributed by atoms with van der Waals surface area (Å²) < 4.78 is 5.54. The molecule has 0 aromatic heterocycles. The molecule has 5 heteroatoms. The van der Waals surface area contributed by atoms with Crippen molar-refractivity contribution in [3.05, 3.63) is 0 Å². The van der Waals surface area contributed by atoms with E-state index in [9.17, 15) is 9.59 Å². The van der Waals surface area contributed by atoms with E-state index < -0.39 is 5.54 Å². The molecule has 0 aromatic rings. The van der Waals surface area contributed by atoms with Gasteiger partial charge in [-0.05, 0) is 45.4 Å². The number of unbranched alkanes of at least 4 members (excludes halogenated alkanes) is 1. The van der Waals surface area contributed by atoms with Gasteiger partial charge in [-0.15, -0.1) is 0 Å². The number of carbonyl (C=O) groups is 2. The van der Waals surface area contributed by atoms with Crippen LogP contribution in [0.1, 0.15) is 52.9 Å². The van der Waals surface area contributed by atoms with E-state index in [-0.39, 0.29) is 17.9 Å². The Morgan fingerprint density at radius 2 is 1.95 bits per heavy atom. The first-order valence-corrected chi connectivity index (χ1v) is 8.21. The van der Waals surface area contributed by atoms with E-state index in [1.54, 1.807) is 11.8 Å². The fourth-order valence-electron chi connectivity index (χ4n) is 2.95. The molecule has 1 N–H and O–H groups in total. The smallest absolute Gasteiger partial charge is 0.249 e. The van der Waals surface area contributed by atoms with Crippen LogP contribution in [0.3, 0.4) is 0 Å². The lowest BCUT2D eigenvalue weighted by Gasteiger charge is -2.43. The van der Waals surface area contributed by atoms with Gasteiger partial charge in [0.15, 0.2) is 0 Å². The van der Waals surface area contributed by atoms with Gasteiger partial charge in [-0.2, -0.15) is 0 Å². The Balaban J connectivity index is 1.87. The highest BCUT2D eigenvalue weighted by molar-refractivity contribution is 5.99. The van der Waals surface area contributed by atoms with Crippen molar-refractivity contribution in [2.24, 2.45) is 5.92 Å². The molecule has 2 fully saturated rings. The van der Waals surface area contributed by atoms with Gasteiger partial charge in [0.05, 0.1) is 0 Å². The van der Waals surface area contributed by atoms with Gasteiger partial charge in [-0.1, -0.05) is 13.3 Å². The van der Waals surface area contributed by atoms with Gasteiger partial charge in [-0.3, -0.25) is 9.59 Å². The lowest BCUT2D eigenvalue weighted by molar-refractivity contribution is -0.154. The Hall–Kier alpha value is -1.10. The summed E-state index contributed by atoms with van der Waals surface area (Å²) in [5.74, 6) is 0.353. The largest absolute Gasteiger partial charge is 0.381 e. The van der Waals surface area contributed by atoms with Crippen molar-refractivity contribution < 1.29 is 14.3 Å². The molecule has 1 saturated carbocycles. The molecule has 0 spiro atoms. The van der Waals surface area contributed by atoms with Gasteiger partial charge in [0, 0.05) is 19.8 Å². The second-order valence-electron chi connectivity index (χ2n) is 6.46. The fraction of sp³-hybridized carbons (Fsp3) is 0.875. The molecule has 1 aliphatic carbocycles. The van der Waals surface area contributed by atoms with Crippen LogP contribution in [-0.2, 0) is 14.3 Å². The van der Waals surface area contributed by atoms with Crippen LogP contribution in [0.15, 0.2) is 0 Å². The van der Waals surface area contributed by atoms with Gasteiger partial charge in [-0.25, -0.2) is 0 Å². The lowest BCUT2D eigenvalue weighted by Crippen LogP contribution is -2.69. The van der Waals surface area contributed by atoms with Crippen molar-refractivity contribution in [3.8, 4) is 0 Å². The molecular weight excluding hydrogens is 268 g/mol. The molecule has 2 aliphatic rings. The standard InChI is InChI=1S/C16H28N2O3/c1-4-5-10-21-11-6-9-18-12(2)14(19)17-16(3,15(18)20)13-7-8-13/h12-13H,4-11H2,1-3H3,(H,17,19). The maximum atomic E-state index is 12.7. The number of piperazine rings is 1. The third-order valence-electron chi connectivity index (χ3n) is 4.66. The number of nitrogens with one attached hydrogen (secondary N) is 1. The Bertz CT molecular complexity index is 395. The highest BCUT2D eigenvalue weighted by atomic mass is 16.5. The number of rotatable bonds is 8. The van der Waals surface area contributed by atoms with E-state index >= 15 is 0 Å². The molecule has 0 bridgehead atoms. The number of amides is 2. The van der Waals surface area contributed by atoms with E-state index in [1.165, 1.54) is 0 Å². The number of hydrogen-bond donors (Lipinski definition) is 1. The second-order valence-corrected chi connectivity index (χ2v) is 6.46. The maximum absolute atomic E-state index is 12.7. The third kappa shape index (κ3) is 3.57. The van der Waals surface area contributed by atoms with Crippen LogP contribution in [0.5, 0.6) is 0 Å². The van der Waals surface area contributed by atoms with E-state index in [4.69, 9.17) is 4.74 Å². The Kier molecular flexibility index (Phi) is 5.25. The van der Waals surface area contributed by atoms with Crippen LogP contribution in [-0.4, -0.2) is 48.1 Å². The summed E-state index contributed by atoms with van der Waals surface area (Å²) in [5.41, 5.74) is -0.688. The second kappa shape index (κ2) is 6.77. The van der Waals surface area contributed by atoms with E-state index in [0.29, 0.717) is 19.1 Å². The number of ether oxygens (including phenoxy) is 1. The molecule has 2 atom stereocenters. The minimum Gasteiger partial charge on any atom is -0.381 e. The summed E-state index contributed by atoms with van der Waals surface area (Å²) in [7, 11) is 0. The van der Waals surface area contributed by atoms with Crippen molar-refractivity contribution in [1.29, 1.82) is 0 Å². The summed E-state index contributed by atoms with van der Waals surface area (Å²) in [5, 5.41) is 2.94. The first kappa shape index (κ1) is 16.3. The van der Waals surface area contributed by atoms with Crippen LogP contribution in [0, 0.1) is 5.92 Å². The van der Waals surface area contributed by atoms with Crippen molar-refractivity contribution in [3.63, 3.8) is 0 Å².